The van der Waals surface area contributed by atoms with E-state index in [-0.39, 0.29) is 11.2 Å². The SMILES string of the molecule is CC1(C)OB(c2cccc3c2oc2c(-c4ccccc4)cccc23)OC1(C)C. The Labute approximate surface area is 165 Å². The van der Waals surface area contributed by atoms with Crippen LogP contribution in [0.1, 0.15) is 27.7 Å². The Morgan fingerprint density at radius 3 is 1.93 bits per heavy atom. The van der Waals surface area contributed by atoms with Gasteiger partial charge in [-0.2, -0.15) is 0 Å². The predicted octanol–water partition coefficient (Wildman–Crippen LogP) is 5.55. The molecule has 0 radical (unpaired) electrons. The molecule has 28 heavy (non-hydrogen) atoms. The first-order chi connectivity index (χ1) is 13.4. The van der Waals surface area contributed by atoms with Gasteiger partial charge in [-0.25, -0.2) is 0 Å². The molecule has 4 heteroatoms. The largest absolute Gasteiger partial charge is 0.498 e. The summed E-state index contributed by atoms with van der Waals surface area (Å²) in [5.74, 6) is 0. The van der Waals surface area contributed by atoms with Gasteiger partial charge in [0.2, 0.25) is 0 Å². The van der Waals surface area contributed by atoms with E-state index in [1.807, 2.05) is 30.3 Å². The van der Waals surface area contributed by atoms with Crippen LogP contribution in [-0.4, -0.2) is 18.3 Å². The van der Waals surface area contributed by atoms with E-state index in [1.54, 1.807) is 0 Å². The maximum atomic E-state index is 6.46. The number of rotatable bonds is 2. The number of fused-ring (bicyclic) bond motifs is 3. The van der Waals surface area contributed by atoms with Crippen LogP contribution < -0.4 is 5.46 Å². The van der Waals surface area contributed by atoms with E-state index in [0.717, 1.165) is 38.5 Å². The third kappa shape index (κ3) is 2.52. The molecule has 1 aliphatic rings. The summed E-state index contributed by atoms with van der Waals surface area (Å²) < 4.78 is 19.0. The van der Waals surface area contributed by atoms with Crippen molar-refractivity contribution in [2.45, 2.75) is 38.9 Å². The molecular weight excluding hydrogens is 347 g/mol. The van der Waals surface area contributed by atoms with E-state index in [9.17, 15) is 0 Å². The first kappa shape index (κ1) is 17.5. The summed E-state index contributed by atoms with van der Waals surface area (Å²) in [6.45, 7) is 8.27. The Bertz CT molecular complexity index is 1160. The summed E-state index contributed by atoms with van der Waals surface area (Å²) in [4.78, 5) is 0. The standard InChI is InChI=1S/C24H23BO3/c1-23(2)24(3,4)28-25(27-23)20-15-9-14-19-18-13-8-12-17(21(18)26-22(19)20)16-10-6-5-7-11-16/h5-15H,1-4H3. The summed E-state index contributed by atoms with van der Waals surface area (Å²) in [5.41, 5.74) is 4.12. The lowest BCUT2D eigenvalue weighted by Gasteiger charge is -2.32. The second kappa shape index (κ2) is 5.97. The molecule has 140 valence electrons. The number of hydrogen-bond acceptors (Lipinski definition) is 3. The van der Waals surface area contributed by atoms with E-state index in [4.69, 9.17) is 13.7 Å². The van der Waals surface area contributed by atoms with Crippen molar-refractivity contribution < 1.29 is 13.7 Å². The maximum Gasteiger partial charge on any atom is 0.498 e. The second-order valence-corrected chi connectivity index (χ2v) is 8.46. The fourth-order valence-corrected chi connectivity index (χ4v) is 3.84. The Hall–Kier alpha value is -2.56. The molecule has 2 heterocycles. The summed E-state index contributed by atoms with van der Waals surface area (Å²) in [7, 11) is -0.450. The minimum absolute atomic E-state index is 0.388. The smallest absolute Gasteiger partial charge is 0.456 e. The third-order valence-corrected chi connectivity index (χ3v) is 6.15. The van der Waals surface area contributed by atoms with Crippen LogP contribution in [-0.2, 0) is 9.31 Å². The van der Waals surface area contributed by atoms with E-state index in [2.05, 4.69) is 64.1 Å². The van der Waals surface area contributed by atoms with Gasteiger partial charge in [0.05, 0.1) is 11.2 Å². The average Bonchev–Trinajstić information content (AvgIpc) is 3.16. The molecule has 0 spiro atoms. The quantitative estimate of drug-likeness (QED) is 0.434. The van der Waals surface area contributed by atoms with Gasteiger partial charge in [-0.15, -0.1) is 0 Å². The predicted molar refractivity (Wildman–Crippen MR) is 115 cm³/mol. The first-order valence-electron chi connectivity index (χ1n) is 9.73. The molecule has 0 bridgehead atoms. The molecule has 3 aromatic carbocycles. The van der Waals surface area contributed by atoms with Crippen LogP contribution in [0.25, 0.3) is 33.1 Å². The molecule has 1 saturated heterocycles. The second-order valence-electron chi connectivity index (χ2n) is 8.46. The van der Waals surface area contributed by atoms with Crippen molar-refractivity contribution in [3.05, 3.63) is 66.7 Å². The lowest BCUT2D eigenvalue weighted by molar-refractivity contribution is 0.00578. The summed E-state index contributed by atoms with van der Waals surface area (Å²) in [5, 5.41) is 2.19. The molecule has 3 nitrogen and oxygen atoms in total. The molecule has 0 unspecified atom stereocenters. The maximum absolute atomic E-state index is 6.46. The molecule has 1 aromatic heterocycles. The molecule has 1 aliphatic heterocycles. The Kier molecular flexibility index (Phi) is 3.74. The van der Waals surface area contributed by atoms with Crippen LogP contribution in [0.3, 0.4) is 0 Å². The van der Waals surface area contributed by atoms with Crippen LogP contribution in [0, 0.1) is 0 Å². The van der Waals surface area contributed by atoms with Gasteiger partial charge in [0.1, 0.15) is 11.2 Å². The van der Waals surface area contributed by atoms with Crippen molar-refractivity contribution in [2.75, 3.05) is 0 Å². The highest BCUT2D eigenvalue weighted by Crippen LogP contribution is 2.39. The van der Waals surface area contributed by atoms with Gasteiger partial charge < -0.3 is 13.7 Å². The van der Waals surface area contributed by atoms with Gasteiger partial charge in [0, 0.05) is 21.8 Å². The number of benzene rings is 3. The monoisotopic (exact) mass is 370 g/mol. The Balaban J connectivity index is 1.72. The van der Waals surface area contributed by atoms with Gasteiger partial charge in [-0.3, -0.25) is 0 Å². The third-order valence-electron chi connectivity index (χ3n) is 6.15. The highest BCUT2D eigenvalue weighted by molar-refractivity contribution is 6.65. The summed E-state index contributed by atoms with van der Waals surface area (Å²) >= 11 is 0. The van der Waals surface area contributed by atoms with Gasteiger partial charge >= 0.3 is 7.12 Å². The summed E-state index contributed by atoms with van der Waals surface area (Å²) in [6, 6.07) is 22.8. The fourth-order valence-electron chi connectivity index (χ4n) is 3.84. The zero-order valence-corrected chi connectivity index (χ0v) is 16.7. The topological polar surface area (TPSA) is 31.6 Å². The molecule has 0 N–H and O–H groups in total. The van der Waals surface area contributed by atoms with E-state index in [1.165, 1.54) is 0 Å². The molecular formula is C24H23BO3. The van der Waals surface area contributed by atoms with E-state index < -0.39 is 7.12 Å². The fraction of sp³-hybridized carbons (Fsp3) is 0.250. The minimum atomic E-state index is -0.450. The minimum Gasteiger partial charge on any atom is -0.456 e. The normalized spacial score (nSPS) is 18.2. The molecule has 0 saturated carbocycles. The van der Waals surface area contributed by atoms with Crippen LogP contribution in [0.5, 0.6) is 0 Å². The molecule has 0 atom stereocenters. The highest BCUT2D eigenvalue weighted by atomic mass is 16.7. The van der Waals surface area contributed by atoms with Crippen molar-refractivity contribution >= 4 is 34.5 Å². The average molecular weight is 370 g/mol. The van der Waals surface area contributed by atoms with Crippen molar-refractivity contribution in [3.63, 3.8) is 0 Å². The zero-order chi connectivity index (χ0) is 19.5. The highest BCUT2D eigenvalue weighted by Gasteiger charge is 2.52. The number of para-hydroxylation sites is 2. The van der Waals surface area contributed by atoms with Gasteiger partial charge in [0.25, 0.3) is 0 Å². The molecule has 1 fully saturated rings. The van der Waals surface area contributed by atoms with Gasteiger partial charge in [0.15, 0.2) is 0 Å². The van der Waals surface area contributed by atoms with Crippen molar-refractivity contribution in [1.29, 1.82) is 0 Å². The summed E-state index contributed by atoms with van der Waals surface area (Å²) in [6.07, 6.45) is 0. The van der Waals surface area contributed by atoms with Crippen LogP contribution >= 0.6 is 0 Å². The van der Waals surface area contributed by atoms with Crippen LogP contribution in [0.2, 0.25) is 0 Å². The lowest BCUT2D eigenvalue weighted by Crippen LogP contribution is -2.41. The first-order valence-corrected chi connectivity index (χ1v) is 9.73. The number of hydrogen-bond donors (Lipinski definition) is 0. The number of furan rings is 1. The molecule has 0 aliphatic carbocycles. The Morgan fingerprint density at radius 2 is 1.25 bits per heavy atom. The molecule has 5 rings (SSSR count). The van der Waals surface area contributed by atoms with Crippen molar-refractivity contribution in [1.82, 2.24) is 0 Å². The van der Waals surface area contributed by atoms with Crippen LogP contribution in [0.15, 0.2) is 71.1 Å². The van der Waals surface area contributed by atoms with Gasteiger partial charge in [-0.05, 0) is 33.3 Å². The van der Waals surface area contributed by atoms with Crippen LogP contribution in [0.4, 0.5) is 0 Å². The lowest BCUT2D eigenvalue weighted by atomic mass is 9.78. The molecule has 4 aromatic rings. The van der Waals surface area contributed by atoms with E-state index >= 15 is 0 Å². The van der Waals surface area contributed by atoms with E-state index in [0.29, 0.717) is 0 Å². The van der Waals surface area contributed by atoms with Crippen molar-refractivity contribution in [3.8, 4) is 11.1 Å². The Morgan fingerprint density at radius 1 is 0.643 bits per heavy atom. The molecule has 0 amide bonds. The van der Waals surface area contributed by atoms with Crippen molar-refractivity contribution in [2.24, 2.45) is 0 Å². The van der Waals surface area contributed by atoms with Gasteiger partial charge in [-0.1, -0.05) is 66.7 Å². The zero-order valence-electron chi connectivity index (χ0n) is 16.7.